The maximum absolute atomic E-state index is 9.52. The van der Waals surface area contributed by atoms with Gasteiger partial charge < -0.3 is 9.64 Å². The van der Waals surface area contributed by atoms with Crippen LogP contribution in [0.15, 0.2) is 36.8 Å². The fourth-order valence-corrected chi connectivity index (χ4v) is 5.44. The molecule has 5 rings (SSSR count). The van der Waals surface area contributed by atoms with Crippen molar-refractivity contribution in [1.29, 1.82) is 5.26 Å². The lowest BCUT2D eigenvalue weighted by Gasteiger charge is -2.33. The summed E-state index contributed by atoms with van der Waals surface area (Å²) in [6.45, 7) is 6.13. The van der Waals surface area contributed by atoms with Gasteiger partial charge in [0.2, 0.25) is 0 Å². The van der Waals surface area contributed by atoms with Gasteiger partial charge in [-0.1, -0.05) is 19.8 Å². The smallest absolute Gasteiger partial charge is 0.138 e. The summed E-state index contributed by atoms with van der Waals surface area (Å²) < 4.78 is 7.38. The highest BCUT2D eigenvalue weighted by Gasteiger charge is 2.55. The van der Waals surface area contributed by atoms with Crippen LogP contribution in [0.1, 0.15) is 32.3 Å². The quantitative estimate of drug-likeness (QED) is 0.619. The zero-order valence-electron chi connectivity index (χ0n) is 17.9. The Bertz CT molecular complexity index is 1170. The average Bonchev–Trinajstić information content (AvgIpc) is 3.32. The van der Waals surface area contributed by atoms with E-state index in [1.54, 1.807) is 16.9 Å². The fraction of sp³-hybridized carbons (Fsp3) is 0.435. The van der Waals surface area contributed by atoms with Gasteiger partial charge in [-0.2, -0.15) is 10.4 Å². The van der Waals surface area contributed by atoms with E-state index in [2.05, 4.69) is 23.0 Å². The maximum atomic E-state index is 9.52. The van der Waals surface area contributed by atoms with Gasteiger partial charge in [0.15, 0.2) is 0 Å². The van der Waals surface area contributed by atoms with E-state index in [0.717, 1.165) is 35.3 Å². The zero-order chi connectivity index (χ0) is 21.8. The third-order valence-corrected chi connectivity index (χ3v) is 6.76. The minimum absolute atomic E-state index is 0.371. The second-order valence-electron chi connectivity index (χ2n) is 9.07. The van der Waals surface area contributed by atoms with Crippen molar-refractivity contribution in [1.82, 2.24) is 14.6 Å². The molecule has 1 saturated carbocycles. The number of aromatic nitrogens is 3. The molecule has 8 heteroatoms. The first kappa shape index (κ1) is 20.0. The van der Waals surface area contributed by atoms with E-state index in [1.165, 1.54) is 0 Å². The number of ether oxygens (including phenoxy) is 1. The van der Waals surface area contributed by atoms with Crippen LogP contribution in [0.3, 0.4) is 0 Å². The van der Waals surface area contributed by atoms with Crippen molar-refractivity contribution in [2.75, 3.05) is 24.6 Å². The number of fused-ring (bicyclic) bond motifs is 2. The van der Waals surface area contributed by atoms with Gasteiger partial charge in [-0.05, 0) is 41.7 Å². The van der Waals surface area contributed by atoms with Crippen LogP contribution in [0.2, 0.25) is 10.6 Å². The molecule has 6 nitrogen and oxygen atoms in total. The maximum Gasteiger partial charge on any atom is 0.138 e. The second-order valence-corrected chi connectivity index (χ2v) is 9.07. The van der Waals surface area contributed by atoms with Crippen molar-refractivity contribution < 1.29 is 4.74 Å². The van der Waals surface area contributed by atoms with E-state index in [0.29, 0.717) is 36.9 Å². The highest BCUT2D eigenvalue weighted by atomic mass is 16.5. The van der Waals surface area contributed by atoms with Crippen molar-refractivity contribution in [3.63, 3.8) is 0 Å². The van der Waals surface area contributed by atoms with Crippen LogP contribution >= 0.6 is 0 Å². The van der Waals surface area contributed by atoms with Crippen molar-refractivity contribution in [2.45, 2.75) is 37.3 Å². The summed E-state index contributed by atoms with van der Waals surface area (Å²) in [6.07, 6.45) is 7.08. The first-order chi connectivity index (χ1) is 14.9. The molecule has 1 aliphatic carbocycles. The Balaban J connectivity index is 1.49. The highest BCUT2D eigenvalue weighted by Crippen LogP contribution is 2.66. The summed E-state index contributed by atoms with van der Waals surface area (Å²) in [5, 5.41) is 13.1. The molecule has 0 N–H and O–H groups in total. The Morgan fingerprint density at radius 2 is 1.97 bits per heavy atom. The first-order valence-electron chi connectivity index (χ1n) is 10.7. The Hall–Kier alpha value is -2.94. The normalized spacial score (nSPS) is 27.4. The van der Waals surface area contributed by atoms with Crippen LogP contribution in [0.5, 0.6) is 5.75 Å². The highest BCUT2D eigenvalue weighted by molar-refractivity contribution is 6.28. The Morgan fingerprint density at radius 1 is 1.23 bits per heavy atom. The van der Waals surface area contributed by atoms with Crippen LogP contribution < -0.4 is 9.64 Å². The molecule has 3 aromatic heterocycles. The van der Waals surface area contributed by atoms with Crippen molar-refractivity contribution in [3.05, 3.63) is 42.4 Å². The van der Waals surface area contributed by atoms with Crippen LogP contribution in [0.25, 0.3) is 16.6 Å². The number of rotatable bonds is 4. The Morgan fingerprint density at radius 3 is 2.58 bits per heavy atom. The summed E-state index contributed by atoms with van der Waals surface area (Å²) in [5.74, 6) is 2.11. The molecule has 1 saturated heterocycles. The summed E-state index contributed by atoms with van der Waals surface area (Å²) in [4.78, 5) is 6.93. The van der Waals surface area contributed by atoms with Crippen LogP contribution in [-0.2, 0) is 0 Å². The third kappa shape index (κ3) is 3.10. The number of hydrogen-bond acceptors (Lipinski definition) is 5. The number of hydrogen-bond donors (Lipinski definition) is 0. The van der Waals surface area contributed by atoms with E-state index in [1.807, 2.05) is 31.3 Å². The molecule has 0 bridgehead atoms. The average molecular weight is 407 g/mol. The van der Waals surface area contributed by atoms with E-state index < -0.39 is 0 Å². The van der Waals surface area contributed by atoms with Crippen LogP contribution in [-0.4, -0.2) is 50.0 Å². The summed E-state index contributed by atoms with van der Waals surface area (Å²) in [7, 11) is 13.4. The molecule has 4 radical (unpaired) electrons. The van der Waals surface area contributed by atoms with E-state index >= 15 is 0 Å². The van der Waals surface area contributed by atoms with Gasteiger partial charge in [-0.25, -0.2) is 9.50 Å². The van der Waals surface area contributed by atoms with E-state index in [9.17, 15) is 5.26 Å². The van der Waals surface area contributed by atoms with Crippen LogP contribution in [0.4, 0.5) is 5.82 Å². The van der Waals surface area contributed by atoms with Gasteiger partial charge in [0.05, 0.1) is 45.8 Å². The third-order valence-electron chi connectivity index (χ3n) is 6.76. The minimum Gasteiger partial charge on any atom is -0.492 e. The largest absolute Gasteiger partial charge is 0.492 e. The Kier molecular flexibility index (Phi) is 4.55. The predicted molar refractivity (Wildman–Crippen MR) is 122 cm³/mol. The first-order valence-corrected chi connectivity index (χ1v) is 10.7. The SMILES string of the molecule is [B][C@@]12CC(C)C[C@]1([B])CN(c1ccc(-c3cc(OCC)cn4ncc(C#N)c34)cn1)C2. The van der Waals surface area contributed by atoms with Crippen molar-refractivity contribution in [2.24, 2.45) is 5.92 Å². The molecular weight excluding hydrogens is 384 g/mol. The molecule has 0 aromatic carbocycles. The zero-order valence-corrected chi connectivity index (χ0v) is 17.9. The molecule has 2 fully saturated rings. The van der Waals surface area contributed by atoms with Gasteiger partial charge in [0.25, 0.3) is 0 Å². The summed E-state index contributed by atoms with van der Waals surface area (Å²) in [5.41, 5.74) is 3.01. The molecule has 3 aromatic rings. The van der Waals surface area contributed by atoms with E-state index in [4.69, 9.17) is 25.4 Å². The standard InChI is InChI=1S/C23H23B2N5O/c1-3-31-18-6-19(21-17(9-26)11-28-30(21)12-18)16-4-5-20(27-10-16)29-13-22(24)7-15(2)8-23(22,25)14-29/h4-6,10-12,15H,3,7-8,13-14H2,1-2H3/t15?,22-,23+. The lowest BCUT2D eigenvalue weighted by Crippen LogP contribution is -2.24. The van der Waals surface area contributed by atoms with Gasteiger partial charge in [-0.15, -0.1) is 0 Å². The molecule has 2 aliphatic rings. The van der Waals surface area contributed by atoms with Gasteiger partial charge >= 0.3 is 0 Å². The lowest BCUT2D eigenvalue weighted by atomic mass is 9.48. The molecule has 0 spiro atoms. The molecule has 4 heterocycles. The molecular formula is C23H23B2N5O. The molecule has 0 amide bonds. The second kappa shape index (κ2) is 7.05. The molecule has 31 heavy (non-hydrogen) atoms. The lowest BCUT2D eigenvalue weighted by molar-refractivity contribution is 0.338. The molecule has 152 valence electrons. The number of pyridine rings is 2. The number of nitriles is 1. The summed E-state index contributed by atoms with van der Waals surface area (Å²) in [6, 6.07) is 8.17. The van der Waals surface area contributed by atoms with Gasteiger partial charge in [0, 0.05) is 30.4 Å². The van der Waals surface area contributed by atoms with Crippen LogP contribution in [0, 0.1) is 17.2 Å². The van der Waals surface area contributed by atoms with Crippen molar-refractivity contribution in [3.8, 4) is 22.9 Å². The number of nitrogens with zero attached hydrogens (tertiary/aromatic N) is 5. The molecule has 3 atom stereocenters. The summed E-state index contributed by atoms with van der Waals surface area (Å²) >= 11 is 0. The van der Waals surface area contributed by atoms with Gasteiger partial charge in [0.1, 0.15) is 17.6 Å². The molecule has 1 aliphatic heterocycles. The van der Waals surface area contributed by atoms with Crippen molar-refractivity contribution >= 4 is 27.0 Å². The topological polar surface area (TPSA) is 66.5 Å². The van der Waals surface area contributed by atoms with E-state index in [-0.39, 0.29) is 10.6 Å². The minimum atomic E-state index is -0.371. The molecule has 1 unspecified atom stereocenters. The number of anilines is 1. The Labute approximate surface area is 185 Å². The van der Waals surface area contributed by atoms with Gasteiger partial charge in [-0.3, -0.25) is 0 Å². The monoisotopic (exact) mass is 407 g/mol. The predicted octanol–water partition coefficient (Wildman–Crippen LogP) is 3.57. The fourth-order valence-electron chi connectivity index (χ4n) is 5.44.